The molecule has 0 fully saturated rings. The fourth-order valence-corrected chi connectivity index (χ4v) is 2.59. The molecule has 0 unspecified atom stereocenters. The van der Waals surface area contributed by atoms with Crippen molar-refractivity contribution in [3.05, 3.63) is 45.5 Å². The van der Waals surface area contributed by atoms with Crippen molar-refractivity contribution in [1.82, 2.24) is 9.38 Å². The van der Waals surface area contributed by atoms with Crippen LogP contribution in [0.5, 0.6) is 0 Å². The first kappa shape index (κ1) is 13.4. The van der Waals surface area contributed by atoms with E-state index in [0.717, 1.165) is 23.6 Å². The number of hydrogen-bond acceptors (Lipinski definition) is 4. The molecule has 0 bridgehead atoms. The average Bonchev–Trinajstić information content (AvgIpc) is 2.36. The topological polar surface area (TPSA) is 60.4 Å². The summed E-state index contributed by atoms with van der Waals surface area (Å²) in [7, 11) is 0. The first-order chi connectivity index (χ1) is 8.70. The molecular formula is C12H14ClN3OS. The fourth-order valence-electron chi connectivity index (χ4n) is 1.56. The Kier molecular flexibility index (Phi) is 4.63. The third-order valence-electron chi connectivity index (χ3n) is 2.42. The van der Waals surface area contributed by atoms with Crippen molar-refractivity contribution in [2.75, 3.05) is 12.3 Å². The van der Waals surface area contributed by atoms with Crippen LogP contribution in [0.15, 0.2) is 29.2 Å². The highest BCUT2D eigenvalue weighted by molar-refractivity contribution is 7.98. The van der Waals surface area contributed by atoms with Gasteiger partial charge in [-0.1, -0.05) is 11.6 Å². The number of aromatic nitrogens is 2. The number of halogens is 1. The molecule has 4 nitrogen and oxygen atoms in total. The molecule has 18 heavy (non-hydrogen) atoms. The number of nitrogens with two attached hydrogens (primary N) is 1. The molecule has 0 saturated heterocycles. The Morgan fingerprint density at radius 1 is 1.44 bits per heavy atom. The van der Waals surface area contributed by atoms with E-state index in [9.17, 15) is 4.79 Å². The fraction of sp³-hybridized carbons (Fsp3) is 0.333. The quantitative estimate of drug-likeness (QED) is 0.852. The molecule has 0 aliphatic heterocycles. The minimum absolute atomic E-state index is 0.100. The van der Waals surface area contributed by atoms with Gasteiger partial charge in [-0.3, -0.25) is 9.20 Å². The highest BCUT2D eigenvalue weighted by Crippen LogP contribution is 2.12. The minimum atomic E-state index is -0.100. The summed E-state index contributed by atoms with van der Waals surface area (Å²) in [6.07, 6.45) is 2.56. The standard InChI is InChI=1S/C12H14ClN3OS/c13-9-2-3-11-15-10(8-18-5-1-4-14)6-12(17)16(11)7-9/h2-3,6-7H,1,4-5,8,14H2. The van der Waals surface area contributed by atoms with Gasteiger partial charge in [0.15, 0.2) is 0 Å². The Labute approximate surface area is 114 Å². The van der Waals surface area contributed by atoms with Gasteiger partial charge in [0, 0.05) is 18.0 Å². The first-order valence-corrected chi connectivity index (χ1v) is 7.19. The molecule has 6 heteroatoms. The van der Waals surface area contributed by atoms with Crippen molar-refractivity contribution < 1.29 is 0 Å². The molecule has 0 radical (unpaired) electrons. The predicted octanol–water partition coefficient (Wildman–Crippen LogP) is 1.93. The number of fused-ring (bicyclic) bond motifs is 1. The average molecular weight is 284 g/mol. The van der Waals surface area contributed by atoms with Gasteiger partial charge in [-0.2, -0.15) is 11.8 Å². The third-order valence-corrected chi connectivity index (χ3v) is 3.72. The van der Waals surface area contributed by atoms with Gasteiger partial charge in [0.2, 0.25) is 0 Å². The van der Waals surface area contributed by atoms with Crippen molar-refractivity contribution in [3.63, 3.8) is 0 Å². The van der Waals surface area contributed by atoms with E-state index >= 15 is 0 Å². The Bertz CT molecular complexity index is 599. The van der Waals surface area contributed by atoms with E-state index < -0.39 is 0 Å². The second-order valence-corrected chi connectivity index (χ2v) is 5.40. The second-order valence-electron chi connectivity index (χ2n) is 3.86. The van der Waals surface area contributed by atoms with E-state index in [1.54, 1.807) is 36.2 Å². The SMILES string of the molecule is NCCCSCc1cc(=O)n2cc(Cl)ccc2n1. The highest BCUT2D eigenvalue weighted by atomic mass is 35.5. The molecule has 96 valence electrons. The van der Waals surface area contributed by atoms with E-state index in [1.807, 2.05) is 0 Å². The van der Waals surface area contributed by atoms with E-state index in [2.05, 4.69) is 4.98 Å². The van der Waals surface area contributed by atoms with Crippen LogP contribution in [0.25, 0.3) is 5.65 Å². The van der Waals surface area contributed by atoms with Crippen molar-refractivity contribution >= 4 is 29.0 Å². The molecule has 0 aliphatic rings. The lowest BCUT2D eigenvalue weighted by Crippen LogP contribution is -2.15. The van der Waals surface area contributed by atoms with Gasteiger partial charge in [0.05, 0.1) is 10.7 Å². The van der Waals surface area contributed by atoms with E-state index in [0.29, 0.717) is 17.2 Å². The third kappa shape index (κ3) is 3.25. The lowest BCUT2D eigenvalue weighted by atomic mass is 10.4. The molecule has 2 aromatic rings. The van der Waals surface area contributed by atoms with Crippen molar-refractivity contribution in [2.24, 2.45) is 5.73 Å². The van der Waals surface area contributed by atoms with Crippen molar-refractivity contribution in [3.8, 4) is 0 Å². The molecule has 2 aromatic heterocycles. The summed E-state index contributed by atoms with van der Waals surface area (Å²) >= 11 is 7.58. The van der Waals surface area contributed by atoms with E-state index in [-0.39, 0.29) is 5.56 Å². The molecule has 0 aliphatic carbocycles. The van der Waals surface area contributed by atoms with Crippen molar-refractivity contribution in [1.29, 1.82) is 0 Å². The van der Waals surface area contributed by atoms with Gasteiger partial charge < -0.3 is 5.73 Å². The Hall–Kier alpha value is -1.04. The van der Waals surface area contributed by atoms with Gasteiger partial charge in [-0.25, -0.2) is 4.98 Å². The van der Waals surface area contributed by atoms with Crippen LogP contribution in [-0.2, 0) is 5.75 Å². The molecule has 0 saturated carbocycles. The summed E-state index contributed by atoms with van der Waals surface area (Å²) < 4.78 is 1.45. The van der Waals surface area contributed by atoms with Crippen LogP contribution in [0.4, 0.5) is 0 Å². The zero-order valence-corrected chi connectivity index (χ0v) is 11.4. The summed E-state index contributed by atoms with van der Waals surface area (Å²) in [6.45, 7) is 0.694. The molecule has 2 N–H and O–H groups in total. The van der Waals surface area contributed by atoms with Gasteiger partial charge in [0.25, 0.3) is 5.56 Å². The number of rotatable bonds is 5. The highest BCUT2D eigenvalue weighted by Gasteiger charge is 2.03. The first-order valence-electron chi connectivity index (χ1n) is 5.66. The summed E-state index contributed by atoms with van der Waals surface area (Å²) in [5.41, 5.74) is 6.75. The van der Waals surface area contributed by atoms with Crippen molar-refractivity contribution in [2.45, 2.75) is 12.2 Å². The van der Waals surface area contributed by atoms with Crippen LogP contribution in [0.2, 0.25) is 5.02 Å². The zero-order valence-electron chi connectivity index (χ0n) is 9.80. The molecule has 0 spiro atoms. The van der Waals surface area contributed by atoms with Crippen LogP contribution >= 0.6 is 23.4 Å². The largest absolute Gasteiger partial charge is 0.330 e. The molecule has 0 aromatic carbocycles. The Morgan fingerprint density at radius 3 is 3.06 bits per heavy atom. The van der Waals surface area contributed by atoms with Crippen LogP contribution in [0.1, 0.15) is 12.1 Å². The van der Waals surface area contributed by atoms with Crippen LogP contribution < -0.4 is 11.3 Å². The molecular weight excluding hydrogens is 270 g/mol. The van der Waals surface area contributed by atoms with Gasteiger partial charge in [0.1, 0.15) is 5.65 Å². The van der Waals surface area contributed by atoms with Crippen LogP contribution in [0.3, 0.4) is 0 Å². The second kappa shape index (κ2) is 6.22. The Morgan fingerprint density at radius 2 is 2.28 bits per heavy atom. The zero-order chi connectivity index (χ0) is 13.0. The lowest BCUT2D eigenvalue weighted by Gasteiger charge is -2.04. The van der Waals surface area contributed by atoms with E-state index in [1.165, 1.54) is 4.40 Å². The summed E-state index contributed by atoms with van der Waals surface area (Å²) in [6, 6.07) is 5.03. The monoisotopic (exact) mass is 283 g/mol. The Balaban J connectivity index is 2.21. The summed E-state index contributed by atoms with van der Waals surface area (Å²) in [5, 5.41) is 0.525. The molecule has 2 heterocycles. The van der Waals surface area contributed by atoms with Gasteiger partial charge in [-0.15, -0.1) is 0 Å². The summed E-state index contributed by atoms with van der Waals surface area (Å²) in [4.78, 5) is 16.3. The van der Waals surface area contributed by atoms with E-state index in [4.69, 9.17) is 17.3 Å². The number of thioether (sulfide) groups is 1. The van der Waals surface area contributed by atoms with Crippen LogP contribution in [0, 0.1) is 0 Å². The maximum atomic E-state index is 11.9. The lowest BCUT2D eigenvalue weighted by molar-refractivity contribution is 0.941. The number of nitrogens with zero attached hydrogens (tertiary/aromatic N) is 2. The number of hydrogen-bond donors (Lipinski definition) is 1. The maximum Gasteiger partial charge on any atom is 0.258 e. The van der Waals surface area contributed by atoms with Gasteiger partial charge >= 0.3 is 0 Å². The predicted molar refractivity (Wildman–Crippen MR) is 76.3 cm³/mol. The molecule has 0 amide bonds. The smallest absolute Gasteiger partial charge is 0.258 e. The van der Waals surface area contributed by atoms with Crippen LogP contribution in [-0.4, -0.2) is 21.7 Å². The van der Waals surface area contributed by atoms with Gasteiger partial charge in [-0.05, 0) is 30.9 Å². The normalized spacial score (nSPS) is 11.0. The summed E-state index contributed by atoms with van der Waals surface area (Å²) in [5.74, 6) is 1.71. The minimum Gasteiger partial charge on any atom is -0.330 e. The number of pyridine rings is 1. The maximum absolute atomic E-state index is 11.9. The molecule has 2 rings (SSSR count). The molecule has 0 atom stereocenters.